The maximum atomic E-state index is 13.3. The van der Waals surface area contributed by atoms with Gasteiger partial charge in [0.1, 0.15) is 6.04 Å². The minimum absolute atomic E-state index is 0.0239. The Kier molecular flexibility index (Phi) is 10.9. The van der Waals surface area contributed by atoms with Gasteiger partial charge in [-0.05, 0) is 69.5 Å². The van der Waals surface area contributed by atoms with Crippen LogP contribution >= 0.6 is 34.8 Å². The Bertz CT molecular complexity index is 1210. The van der Waals surface area contributed by atoms with Gasteiger partial charge in [-0.15, -0.1) is 0 Å². The van der Waals surface area contributed by atoms with Gasteiger partial charge in [0.15, 0.2) is 0 Å². The van der Waals surface area contributed by atoms with Crippen LogP contribution in [0.5, 0.6) is 0 Å². The summed E-state index contributed by atoms with van der Waals surface area (Å²) in [6.45, 7) is 7.30. The van der Waals surface area contributed by atoms with E-state index in [1.165, 1.54) is 9.21 Å². The van der Waals surface area contributed by atoms with Gasteiger partial charge >= 0.3 is 0 Å². The lowest BCUT2D eigenvalue weighted by Crippen LogP contribution is -2.49. The van der Waals surface area contributed by atoms with Crippen LogP contribution in [0.2, 0.25) is 15.1 Å². The summed E-state index contributed by atoms with van der Waals surface area (Å²) < 4.78 is 26.3. The fraction of sp³-hybridized carbons (Fsp3) is 0.440. The SMILES string of the molecule is Cc1ccc(Cl)cc1N(CCCC(=O)N(Cc1ccc(Cl)cc1Cl)C(C)C(=O)NC(C)C)S(C)(=O)=O. The van der Waals surface area contributed by atoms with E-state index in [0.29, 0.717) is 26.3 Å². The van der Waals surface area contributed by atoms with Gasteiger partial charge in [0.2, 0.25) is 21.8 Å². The molecule has 0 bridgehead atoms. The number of nitrogens with zero attached hydrogens (tertiary/aromatic N) is 2. The van der Waals surface area contributed by atoms with Gasteiger partial charge in [0.25, 0.3) is 0 Å². The van der Waals surface area contributed by atoms with E-state index in [9.17, 15) is 18.0 Å². The average molecular weight is 577 g/mol. The average Bonchev–Trinajstić information content (AvgIpc) is 2.76. The Morgan fingerprint density at radius 2 is 1.61 bits per heavy atom. The standard InChI is InChI=1S/C25H32Cl3N3O4S/c1-16(2)29-25(33)18(4)30(15-19-9-11-20(26)13-22(19)28)24(32)7-6-12-31(36(5,34)35)23-14-21(27)10-8-17(23)3/h8-11,13-14,16,18H,6-7,12,15H2,1-5H3,(H,29,33). The van der Waals surface area contributed by atoms with Crippen molar-refractivity contribution in [1.29, 1.82) is 0 Å². The van der Waals surface area contributed by atoms with Crippen LogP contribution in [0.4, 0.5) is 5.69 Å². The van der Waals surface area contributed by atoms with Crippen molar-refractivity contribution in [3.05, 3.63) is 62.6 Å². The second-order valence-corrected chi connectivity index (χ2v) is 12.2. The number of rotatable bonds is 11. The van der Waals surface area contributed by atoms with Crippen LogP contribution in [-0.4, -0.2) is 50.0 Å². The van der Waals surface area contributed by atoms with Gasteiger partial charge < -0.3 is 10.2 Å². The molecule has 1 atom stereocenters. The number of sulfonamides is 1. The van der Waals surface area contributed by atoms with Crippen LogP contribution in [0.3, 0.4) is 0 Å². The highest BCUT2D eigenvalue weighted by Crippen LogP contribution is 2.27. The molecule has 1 unspecified atom stereocenters. The van der Waals surface area contributed by atoms with Crippen molar-refractivity contribution in [2.45, 2.75) is 59.2 Å². The number of amides is 2. The van der Waals surface area contributed by atoms with Crippen LogP contribution in [0.1, 0.15) is 44.7 Å². The summed E-state index contributed by atoms with van der Waals surface area (Å²) in [6, 6.07) is 9.12. The van der Waals surface area contributed by atoms with Crippen molar-refractivity contribution in [3.63, 3.8) is 0 Å². The molecule has 0 aliphatic heterocycles. The van der Waals surface area contributed by atoms with Crippen LogP contribution in [0.25, 0.3) is 0 Å². The van der Waals surface area contributed by atoms with Gasteiger partial charge in [-0.3, -0.25) is 13.9 Å². The van der Waals surface area contributed by atoms with Gasteiger partial charge in [-0.25, -0.2) is 8.42 Å². The number of hydrogen-bond donors (Lipinski definition) is 1. The molecule has 2 aromatic carbocycles. The van der Waals surface area contributed by atoms with Crippen molar-refractivity contribution in [2.24, 2.45) is 0 Å². The molecule has 0 aromatic heterocycles. The third kappa shape index (κ3) is 8.54. The zero-order valence-corrected chi connectivity index (χ0v) is 24.1. The molecule has 0 heterocycles. The molecule has 7 nitrogen and oxygen atoms in total. The van der Waals surface area contributed by atoms with Crippen LogP contribution in [0, 0.1) is 6.92 Å². The van der Waals surface area contributed by atoms with E-state index in [1.807, 2.05) is 13.8 Å². The van der Waals surface area contributed by atoms with Crippen LogP contribution in [-0.2, 0) is 26.2 Å². The molecule has 0 spiro atoms. The maximum Gasteiger partial charge on any atom is 0.242 e. The Hall–Kier alpha value is -2.00. The Balaban J connectivity index is 2.24. The fourth-order valence-corrected chi connectivity index (χ4v) is 5.30. The normalized spacial score (nSPS) is 12.4. The van der Waals surface area contributed by atoms with Crippen molar-refractivity contribution in [2.75, 3.05) is 17.1 Å². The quantitative estimate of drug-likeness (QED) is 0.386. The number of aryl methyl sites for hydroxylation is 1. The van der Waals surface area contributed by atoms with E-state index in [2.05, 4.69) is 5.32 Å². The van der Waals surface area contributed by atoms with E-state index < -0.39 is 16.1 Å². The Morgan fingerprint density at radius 1 is 1.00 bits per heavy atom. The molecule has 2 amide bonds. The molecule has 11 heteroatoms. The molecule has 0 aliphatic rings. The lowest BCUT2D eigenvalue weighted by atomic mass is 10.1. The van der Waals surface area contributed by atoms with Crippen molar-refractivity contribution in [3.8, 4) is 0 Å². The van der Waals surface area contributed by atoms with Gasteiger partial charge in [0, 0.05) is 40.6 Å². The topological polar surface area (TPSA) is 86.8 Å². The van der Waals surface area contributed by atoms with E-state index in [0.717, 1.165) is 11.8 Å². The predicted octanol–water partition coefficient (Wildman–Crippen LogP) is 5.44. The molecule has 0 saturated heterocycles. The number of nitrogens with one attached hydrogen (secondary N) is 1. The molecule has 0 saturated carbocycles. The number of hydrogen-bond acceptors (Lipinski definition) is 4. The summed E-state index contributed by atoms with van der Waals surface area (Å²) in [5.74, 6) is -0.598. The molecule has 36 heavy (non-hydrogen) atoms. The number of anilines is 1. The molecule has 2 aromatic rings. The molecular weight excluding hydrogens is 545 g/mol. The van der Waals surface area contributed by atoms with Crippen molar-refractivity contribution >= 4 is 62.3 Å². The number of halogens is 3. The van der Waals surface area contributed by atoms with Gasteiger partial charge in [0.05, 0.1) is 11.9 Å². The molecule has 0 fully saturated rings. The summed E-state index contributed by atoms with van der Waals surface area (Å²) in [6.07, 6.45) is 1.37. The molecule has 198 valence electrons. The van der Waals surface area contributed by atoms with Crippen molar-refractivity contribution in [1.82, 2.24) is 10.2 Å². The lowest BCUT2D eigenvalue weighted by molar-refractivity contribution is -0.140. The van der Waals surface area contributed by atoms with E-state index in [4.69, 9.17) is 34.8 Å². The van der Waals surface area contributed by atoms with Crippen molar-refractivity contribution < 1.29 is 18.0 Å². The summed E-state index contributed by atoms with van der Waals surface area (Å²) in [4.78, 5) is 27.5. The molecular formula is C25H32Cl3N3O4S. The molecule has 1 N–H and O–H groups in total. The summed E-state index contributed by atoms with van der Waals surface area (Å²) in [5.41, 5.74) is 1.85. The third-order valence-corrected chi connectivity index (χ3v) is 7.55. The molecule has 2 rings (SSSR count). The van der Waals surface area contributed by atoms with Crippen LogP contribution in [0.15, 0.2) is 36.4 Å². The maximum absolute atomic E-state index is 13.3. The summed E-state index contributed by atoms with van der Waals surface area (Å²) in [5, 5.41) is 4.09. The Labute approximate surface area is 228 Å². The molecule has 0 aliphatic carbocycles. The second-order valence-electron chi connectivity index (χ2n) is 8.97. The number of carbonyl (C=O) groups is 2. The smallest absolute Gasteiger partial charge is 0.242 e. The Morgan fingerprint density at radius 3 is 2.19 bits per heavy atom. The highest BCUT2D eigenvalue weighted by Gasteiger charge is 2.27. The molecule has 0 radical (unpaired) electrons. The first kappa shape index (κ1) is 30.2. The van der Waals surface area contributed by atoms with Gasteiger partial charge in [-0.2, -0.15) is 0 Å². The van der Waals surface area contributed by atoms with E-state index >= 15 is 0 Å². The fourth-order valence-electron chi connectivity index (χ4n) is 3.65. The first-order chi connectivity index (χ1) is 16.7. The predicted molar refractivity (Wildman–Crippen MR) is 147 cm³/mol. The highest BCUT2D eigenvalue weighted by molar-refractivity contribution is 7.92. The third-order valence-electron chi connectivity index (χ3n) is 5.55. The van der Waals surface area contributed by atoms with E-state index in [1.54, 1.807) is 50.2 Å². The minimum Gasteiger partial charge on any atom is -0.352 e. The zero-order valence-electron chi connectivity index (χ0n) is 21.0. The van der Waals surface area contributed by atoms with Gasteiger partial charge in [-0.1, -0.05) is 46.9 Å². The largest absolute Gasteiger partial charge is 0.352 e. The summed E-state index contributed by atoms with van der Waals surface area (Å²) in [7, 11) is -3.62. The first-order valence-corrected chi connectivity index (χ1v) is 14.5. The highest BCUT2D eigenvalue weighted by atomic mass is 35.5. The lowest BCUT2D eigenvalue weighted by Gasteiger charge is -2.30. The number of benzene rings is 2. The number of carbonyl (C=O) groups excluding carboxylic acids is 2. The first-order valence-electron chi connectivity index (χ1n) is 11.5. The minimum atomic E-state index is -3.62. The monoisotopic (exact) mass is 575 g/mol. The van der Waals surface area contributed by atoms with Crippen LogP contribution < -0.4 is 9.62 Å². The summed E-state index contributed by atoms with van der Waals surface area (Å²) >= 11 is 18.4. The second kappa shape index (κ2) is 13.0. The zero-order chi connectivity index (χ0) is 27.2. The van der Waals surface area contributed by atoms with E-state index in [-0.39, 0.29) is 43.8 Å².